The van der Waals surface area contributed by atoms with Crippen molar-refractivity contribution in [1.82, 2.24) is 19.8 Å². The summed E-state index contributed by atoms with van der Waals surface area (Å²) >= 11 is 0. The first kappa shape index (κ1) is 23.3. The Kier molecular flexibility index (Phi) is 6.65. The maximum absolute atomic E-state index is 14.1. The molecule has 1 aliphatic carbocycles. The van der Waals surface area contributed by atoms with Gasteiger partial charge in [-0.3, -0.25) is 14.6 Å². The van der Waals surface area contributed by atoms with Gasteiger partial charge in [-0.2, -0.15) is 5.26 Å². The molecule has 7 heteroatoms. The Labute approximate surface area is 205 Å². The van der Waals surface area contributed by atoms with Gasteiger partial charge in [-0.15, -0.1) is 0 Å². The Hall–Kier alpha value is -3.50. The third kappa shape index (κ3) is 4.98. The predicted molar refractivity (Wildman–Crippen MR) is 135 cm³/mol. The van der Waals surface area contributed by atoms with Crippen LogP contribution in [0.5, 0.6) is 0 Å². The van der Waals surface area contributed by atoms with E-state index in [2.05, 4.69) is 28.5 Å². The van der Waals surface area contributed by atoms with E-state index in [0.29, 0.717) is 25.9 Å². The molecule has 180 valence electrons. The maximum Gasteiger partial charge on any atom is 0.250 e. The first-order valence-electron chi connectivity index (χ1n) is 12.5. The number of rotatable bonds is 7. The minimum Gasteiger partial charge on any atom is -0.335 e. The third-order valence-electron chi connectivity index (χ3n) is 7.34. The van der Waals surface area contributed by atoms with E-state index in [4.69, 9.17) is 5.26 Å². The zero-order valence-electron chi connectivity index (χ0n) is 20.1. The van der Waals surface area contributed by atoms with E-state index in [9.17, 15) is 9.59 Å². The van der Waals surface area contributed by atoms with Crippen molar-refractivity contribution < 1.29 is 4.79 Å². The molecule has 0 spiro atoms. The number of aromatic nitrogens is 2. The Morgan fingerprint density at radius 1 is 1.26 bits per heavy atom. The molecule has 3 aromatic rings. The number of nitrogens with zero attached hydrogens (tertiary/aromatic N) is 4. The average Bonchev–Trinajstić information content (AvgIpc) is 3.72. The van der Waals surface area contributed by atoms with Crippen LogP contribution in [0.25, 0.3) is 10.9 Å². The maximum atomic E-state index is 14.1. The molecule has 0 radical (unpaired) electrons. The normalized spacial score (nSPS) is 19.9. The molecule has 5 rings (SSSR count). The van der Waals surface area contributed by atoms with Gasteiger partial charge >= 0.3 is 0 Å². The van der Waals surface area contributed by atoms with Crippen molar-refractivity contribution in [2.24, 2.45) is 13.0 Å². The van der Waals surface area contributed by atoms with E-state index in [0.717, 1.165) is 53.4 Å². The number of hydrogen-bond acceptors (Lipinski definition) is 5. The highest BCUT2D eigenvalue weighted by Crippen LogP contribution is 2.36. The minimum absolute atomic E-state index is 0.0238. The molecule has 35 heavy (non-hydrogen) atoms. The molecule has 2 aromatic heterocycles. The van der Waals surface area contributed by atoms with Gasteiger partial charge in [0.1, 0.15) is 0 Å². The molecular weight excluding hydrogens is 438 g/mol. The Morgan fingerprint density at radius 2 is 2.11 bits per heavy atom. The van der Waals surface area contributed by atoms with Crippen molar-refractivity contribution >= 4 is 16.8 Å². The van der Waals surface area contributed by atoms with E-state index >= 15 is 0 Å². The van der Waals surface area contributed by atoms with Crippen LogP contribution < -0.4 is 10.9 Å². The number of amides is 1. The van der Waals surface area contributed by atoms with Crippen molar-refractivity contribution in [2.45, 2.75) is 50.6 Å². The summed E-state index contributed by atoms with van der Waals surface area (Å²) in [5.41, 5.74) is 3.96. The largest absolute Gasteiger partial charge is 0.335 e. The summed E-state index contributed by atoms with van der Waals surface area (Å²) in [7, 11) is 1.75. The third-order valence-corrected chi connectivity index (χ3v) is 7.34. The van der Waals surface area contributed by atoms with Crippen molar-refractivity contribution in [3.05, 3.63) is 75.8 Å². The lowest BCUT2D eigenvalue weighted by atomic mass is 9.80. The number of nitriles is 1. The first-order chi connectivity index (χ1) is 17.0. The summed E-state index contributed by atoms with van der Waals surface area (Å²) in [4.78, 5) is 33.0. The van der Waals surface area contributed by atoms with Gasteiger partial charge in [-0.05, 0) is 73.0 Å². The van der Waals surface area contributed by atoms with Crippen molar-refractivity contribution in [2.75, 3.05) is 13.1 Å². The van der Waals surface area contributed by atoms with Gasteiger partial charge in [0.2, 0.25) is 5.91 Å². The second-order valence-corrected chi connectivity index (χ2v) is 9.80. The number of carbonyl (C=O) groups is 1. The number of piperidine rings is 1. The fourth-order valence-corrected chi connectivity index (χ4v) is 5.28. The second-order valence-electron chi connectivity index (χ2n) is 9.80. The summed E-state index contributed by atoms with van der Waals surface area (Å²) in [6.45, 7) is 1.96. The van der Waals surface area contributed by atoms with Crippen LogP contribution in [0.1, 0.15) is 48.3 Å². The van der Waals surface area contributed by atoms with Crippen LogP contribution in [0.2, 0.25) is 0 Å². The molecule has 7 nitrogen and oxygen atoms in total. The van der Waals surface area contributed by atoms with Crippen LogP contribution in [0.15, 0.2) is 53.6 Å². The number of aryl methyl sites for hydroxylation is 2. The molecule has 1 N–H and O–H groups in total. The van der Waals surface area contributed by atoms with E-state index in [-0.39, 0.29) is 29.3 Å². The molecule has 0 bridgehead atoms. The number of nitrogens with one attached hydrogen (secondary N) is 1. The van der Waals surface area contributed by atoms with E-state index in [1.807, 2.05) is 23.1 Å². The number of pyridine rings is 2. The highest BCUT2D eigenvalue weighted by atomic mass is 16.2. The predicted octanol–water partition coefficient (Wildman–Crippen LogP) is 3.27. The number of carbonyl (C=O) groups excluding carboxylic acids is 1. The van der Waals surface area contributed by atoms with E-state index in [1.165, 1.54) is 0 Å². The number of fused-ring (bicyclic) bond motifs is 1. The lowest BCUT2D eigenvalue weighted by Crippen LogP contribution is -2.47. The molecule has 2 fully saturated rings. The number of hydrogen-bond donors (Lipinski definition) is 1. The lowest BCUT2D eigenvalue weighted by molar-refractivity contribution is -0.138. The van der Waals surface area contributed by atoms with E-state index in [1.54, 1.807) is 30.1 Å². The van der Waals surface area contributed by atoms with Crippen molar-refractivity contribution in [3.8, 4) is 6.07 Å². The van der Waals surface area contributed by atoms with Gasteiger partial charge in [-0.1, -0.05) is 12.1 Å². The molecule has 1 amide bonds. The molecule has 3 heterocycles. The highest BCUT2D eigenvalue weighted by Gasteiger charge is 2.40. The van der Waals surface area contributed by atoms with Crippen molar-refractivity contribution in [3.63, 3.8) is 0 Å². The molecule has 1 saturated heterocycles. The van der Waals surface area contributed by atoms with E-state index < -0.39 is 0 Å². The zero-order valence-corrected chi connectivity index (χ0v) is 20.1. The molecular formula is C28H31N5O2. The first-order valence-corrected chi connectivity index (χ1v) is 12.5. The Balaban J connectivity index is 1.46. The van der Waals surface area contributed by atoms with Gasteiger partial charge in [0.05, 0.1) is 17.5 Å². The zero-order chi connectivity index (χ0) is 24.4. The summed E-state index contributed by atoms with van der Waals surface area (Å²) in [6.07, 6.45) is 7.59. The summed E-state index contributed by atoms with van der Waals surface area (Å²) in [6, 6.07) is 14.3. The number of benzene rings is 1. The molecule has 2 aliphatic rings. The van der Waals surface area contributed by atoms with Gasteiger partial charge in [-0.25, -0.2) is 0 Å². The SMILES string of the molecule is Cn1ccc([C@@H]2CCNC[C@H]2C(=O)N(Cc2cc(CCC#N)cc3cccnc23)C2CC2)cc1=O. The molecule has 1 aliphatic heterocycles. The van der Waals surface area contributed by atoms with Gasteiger partial charge in [0, 0.05) is 56.4 Å². The van der Waals surface area contributed by atoms with Crippen LogP contribution in [0.4, 0.5) is 0 Å². The fourth-order valence-electron chi connectivity index (χ4n) is 5.28. The standard InChI is InChI=1S/C28H31N5O2/c1-32-13-9-20(16-26(32)34)24-8-12-30-17-25(24)28(35)33(23-6-7-23)18-22-15-19(4-2-10-29)14-21-5-3-11-31-27(21)22/h3,5,9,11,13-16,23-25,30H,2,4,6-8,12,17-18H2,1H3/t24-,25+/m0/s1. The summed E-state index contributed by atoms with van der Waals surface area (Å²) in [5.74, 6) is -0.0370. The minimum atomic E-state index is -0.211. The van der Waals surface area contributed by atoms with Crippen LogP contribution in [-0.4, -0.2) is 39.5 Å². The van der Waals surface area contributed by atoms with Gasteiger partial charge in [0.15, 0.2) is 0 Å². The molecule has 1 aromatic carbocycles. The monoisotopic (exact) mass is 469 g/mol. The molecule has 2 atom stereocenters. The summed E-state index contributed by atoms with van der Waals surface area (Å²) < 4.78 is 1.56. The Morgan fingerprint density at radius 3 is 2.89 bits per heavy atom. The molecule has 1 saturated carbocycles. The summed E-state index contributed by atoms with van der Waals surface area (Å²) in [5, 5.41) is 13.5. The van der Waals surface area contributed by atoms with Crippen LogP contribution in [-0.2, 0) is 24.8 Å². The second kappa shape index (κ2) is 10.0. The smallest absolute Gasteiger partial charge is 0.250 e. The van der Waals surface area contributed by atoms with Crippen LogP contribution >= 0.6 is 0 Å². The topological polar surface area (TPSA) is 91.0 Å². The Bertz CT molecular complexity index is 1340. The fraction of sp³-hybridized carbons (Fsp3) is 0.429. The average molecular weight is 470 g/mol. The van der Waals surface area contributed by atoms with Crippen LogP contribution in [0.3, 0.4) is 0 Å². The van der Waals surface area contributed by atoms with Gasteiger partial charge < -0.3 is 14.8 Å². The molecule has 0 unspecified atom stereocenters. The quantitative estimate of drug-likeness (QED) is 0.574. The lowest BCUT2D eigenvalue weighted by Gasteiger charge is -2.36. The van der Waals surface area contributed by atoms with Crippen molar-refractivity contribution in [1.29, 1.82) is 5.26 Å². The highest BCUT2D eigenvalue weighted by molar-refractivity contribution is 5.84. The van der Waals surface area contributed by atoms with Crippen LogP contribution in [0, 0.1) is 17.2 Å². The van der Waals surface area contributed by atoms with Gasteiger partial charge in [0.25, 0.3) is 5.56 Å².